The number of halogens is 1. The molecule has 1 unspecified atom stereocenters. The lowest BCUT2D eigenvalue weighted by molar-refractivity contribution is 0.0988. The highest BCUT2D eigenvalue weighted by atomic mass is 35.5. The number of hydrogen-bond acceptors (Lipinski definition) is 4. The first-order valence-corrected chi connectivity index (χ1v) is 8.19. The lowest BCUT2D eigenvalue weighted by Gasteiger charge is -2.25. The highest BCUT2D eigenvalue weighted by Crippen LogP contribution is 2.25. The molecule has 1 N–H and O–H groups in total. The van der Waals surface area contributed by atoms with E-state index in [1.54, 1.807) is 25.3 Å². The van der Waals surface area contributed by atoms with Crippen LogP contribution in [0.5, 0.6) is 5.75 Å². The third-order valence-corrected chi connectivity index (χ3v) is 4.20. The third kappa shape index (κ3) is 4.81. The maximum absolute atomic E-state index is 12.3. The van der Waals surface area contributed by atoms with E-state index in [0.717, 1.165) is 0 Å². The molecule has 2 rings (SSSR count). The fourth-order valence-electron chi connectivity index (χ4n) is 2.54. The Kier molecular flexibility index (Phi) is 6.79. The van der Waals surface area contributed by atoms with E-state index in [4.69, 9.17) is 16.3 Å². The number of hydrogen-bond donors (Lipinski definition) is 1. The second kappa shape index (κ2) is 8.83. The number of methoxy groups -OCH3 is 1. The van der Waals surface area contributed by atoms with Crippen LogP contribution in [0.2, 0.25) is 5.02 Å². The topological polar surface area (TPSA) is 41.6 Å². The molecule has 2 aromatic carbocycles. The molecule has 0 amide bonds. The van der Waals surface area contributed by atoms with Crippen molar-refractivity contribution in [3.05, 3.63) is 64.7 Å². The SMILES string of the molecule is COc1ccc(C(=O)CNCC(c2ccccc2)N(C)C)cc1Cl. The molecule has 0 aliphatic heterocycles. The van der Waals surface area contributed by atoms with Gasteiger partial charge in [0.25, 0.3) is 0 Å². The highest BCUT2D eigenvalue weighted by Gasteiger charge is 2.15. The summed E-state index contributed by atoms with van der Waals surface area (Å²) in [7, 11) is 5.62. The second-order valence-electron chi connectivity index (χ2n) is 5.79. The van der Waals surface area contributed by atoms with Gasteiger partial charge in [-0.2, -0.15) is 0 Å². The lowest BCUT2D eigenvalue weighted by Crippen LogP contribution is -2.33. The molecule has 2 aromatic rings. The molecule has 0 saturated heterocycles. The van der Waals surface area contributed by atoms with Gasteiger partial charge in [0.1, 0.15) is 5.75 Å². The van der Waals surface area contributed by atoms with Crippen LogP contribution in [0.15, 0.2) is 48.5 Å². The predicted octanol–water partition coefficient (Wildman–Crippen LogP) is 3.42. The number of nitrogens with one attached hydrogen (secondary N) is 1. The summed E-state index contributed by atoms with van der Waals surface area (Å²) < 4.78 is 5.10. The monoisotopic (exact) mass is 346 g/mol. The van der Waals surface area contributed by atoms with E-state index >= 15 is 0 Å². The zero-order chi connectivity index (χ0) is 17.5. The van der Waals surface area contributed by atoms with Crippen molar-refractivity contribution >= 4 is 17.4 Å². The number of rotatable bonds is 8. The third-order valence-electron chi connectivity index (χ3n) is 3.90. The van der Waals surface area contributed by atoms with Gasteiger partial charge in [-0.1, -0.05) is 41.9 Å². The Morgan fingerprint density at radius 2 is 1.92 bits per heavy atom. The molecule has 128 valence electrons. The minimum Gasteiger partial charge on any atom is -0.495 e. The van der Waals surface area contributed by atoms with E-state index in [1.165, 1.54) is 5.56 Å². The van der Waals surface area contributed by atoms with Crippen LogP contribution in [-0.4, -0.2) is 45.0 Å². The molecule has 0 bridgehead atoms. The van der Waals surface area contributed by atoms with E-state index in [-0.39, 0.29) is 18.4 Å². The molecule has 0 saturated carbocycles. The average Bonchev–Trinajstić information content (AvgIpc) is 2.58. The molecule has 0 aromatic heterocycles. The number of carbonyl (C=O) groups is 1. The van der Waals surface area contributed by atoms with Crippen molar-refractivity contribution in [1.29, 1.82) is 0 Å². The van der Waals surface area contributed by atoms with E-state index in [0.29, 0.717) is 22.9 Å². The van der Waals surface area contributed by atoms with Crippen LogP contribution >= 0.6 is 11.6 Å². The van der Waals surface area contributed by atoms with E-state index in [2.05, 4.69) is 22.3 Å². The first-order valence-electron chi connectivity index (χ1n) is 7.81. The van der Waals surface area contributed by atoms with Crippen LogP contribution in [0.4, 0.5) is 0 Å². The van der Waals surface area contributed by atoms with Crippen LogP contribution in [0.1, 0.15) is 22.0 Å². The average molecular weight is 347 g/mol. The minimum atomic E-state index is 0.00474. The van der Waals surface area contributed by atoms with Gasteiger partial charge >= 0.3 is 0 Å². The molecule has 0 aliphatic rings. The van der Waals surface area contributed by atoms with Crippen molar-refractivity contribution in [2.24, 2.45) is 0 Å². The summed E-state index contributed by atoms with van der Waals surface area (Å²) >= 11 is 6.08. The fourth-order valence-corrected chi connectivity index (χ4v) is 2.80. The van der Waals surface area contributed by atoms with Crippen LogP contribution in [0, 0.1) is 0 Å². The number of Topliss-reactive ketones (excluding diaryl/α,β-unsaturated/α-hetero) is 1. The Balaban J connectivity index is 1.94. The molecule has 5 heteroatoms. The minimum absolute atomic E-state index is 0.00474. The van der Waals surface area contributed by atoms with Gasteiger partial charge in [-0.05, 0) is 37.9 Å². The lowest BCUT2D eigenvalue weighted by atomic mass is 10.1. The number of ether oxygens (including phenoxy) is 1. The normalized spacial score (nSPS) is 12.2. The molecule has 0 fully saturated rings. The second-order valence-corrected chi connectivity index (χ2v) is 6.20. The molecular weight excluding hydrogens is 324 g/mol. The van der Waals surface area contributed by atoms with Gasteiger partial charge in [0.05, 0.1) is 18.7 Å². The largest absolute Gasteiger partial charge is 0.495 e. The number of benzene rings is 2. The van der Waals surface area contributed by atoms with E-state index in [1.807, 2.05) is 32.3 Å². The number of nitrogens with zero attached hydrogens (tertiary/aromatic N) is 1. The molecule has 24 heavy (non-hydrogen) atoms. The fraction of sp³-hybridized carbons (Fsp3) is 0.316. The predicted molar refractivity (Wildman–Crippen MR) is 98.1 cm³/mol. The Labute approximate surface area is 148 Å². The van der Waals surface area contributed by atoms with Crippen LogP contribution in [0.3, 0.4) is 0 Å². The summed E-state index contributed by atoms with van der Waals surface area (Å²) in [5, 5.41) is 3.69. The first-order chi connectivity index (χ1) is 11.5. The maximum atomic E-state index is 12.3. The summed E-state index contributed by atoms with van der Waals surface area (Å²) in [5.41, 5.74) is 1.80. The summed E-state index contributed by atoms with van der Waals surface area (Å²) in [5.74, 6) is 0.572. The zero-order valence-corrected chi connectivity index (χ0v) is 15.0. The van der Waals surface area contributed by atoms with Gasteiger partial charge in [-0.15, -0.1) is 0 Å². The van der Waals surface area contributed by atoms with Gasteiger partial charge < -0.3 is 15.0 Å². The van der Waals surface area contributed by atoms with Crippen molar-refractivity contribution in [2.75, 3.05) is 34.3 Å². The number of ketones is 1. The molecule has 0 aliphatic carbocycles. The summed E-state index contributed by atoms with van der Waals surface area (Å²) in [4.78, 5) is 14.4. The van der Waals surface area contributed by atoms with Gasteiger partial charge in [-0.3, -0.25) is 4.79 Å². The van der Waals surface area contributed by atoms with Crippen LogP contribution in [-0.2, 0) is 0 Å². The Bertz CT molecular complexity index is 674. The maximum Gasteiger partial charge on any atom is 0.176 e. The van der Waals surface area contributed by atoms with Gasteiger partial charge in [0.15, 0.2) is 5.78 Å². The van der Waals surface area contributed by atoms with Gasteiger partial charge in [0, 0.05) is 18.2 Å². The first kappa shape index (κ1) is 18.5. The number of likely N-dealkylation sites (N-methyl/N-ethyl adjacent to an activating group) is 1. The van der Waals surface area contributed by atoms with Gasteiger partial charge in [-0.25, -0.2) is 0 Å². The zero-order valence-electron chi connectivity index (χ0n) is 14.3. The molecule has 1 atom stereocenters. The Morgan fingerprint density at radius 1 is 1.21 bits per heavy atom. The molecule has 0 radical (unpaired) electrons. The summed E-state index contributed by atoms with van der Waals surface area (Å²) in [6.45, 7) is 0.951. The van der Waals surface area contributed by atoms with Gasteiger partial charge in [0.2, 0.25) is 0 Å². The van der Waals surface area contributed by atoms with Crippen molar-refractivity contribution < 1.29 is 9.53 Å². The quantitative estimate of drug-likeness (QED) is 0.744. The smallest absolute Gasteiger partial charge is 0.176 e. The summed E-state index contributed by atoms with van der Waals surface area (Å²) in [6.07, 6.45) is 0. The molecule has 0 spiro atoms. The molecular formula is C19H23ClN2O2. The number of carbonyl (C=O) groups excluding carboxylic acids is 1. The van der Waals surface area contributed by atoms with E-state index in [9.17, 15) is 4.79 Å². The Hall–Kier alpha value is -1.88. The van der Waals surface area contributed by atoms with Crippen molar-refractivity contribution in [3.63, 3.8) is 0 Å². The van der Waals surface area contributed by atoms with Crippen LogP contribution < -0.4 is 10.1 Å². The Morgan fingerprint density at radius 3 is 2.50 bits per heavy atom. The highest BCUT2D eigenvalue weighted by molar-refractivity contribution is 6.32. The standard InChI is InChI=1S/C19H23ClN2O2/c1-22(2)17(14-7-5-4-6-8-14)12-21-13-18(23)15-9-10-19(24-3)16(20)11-15/h4-11,17,21H,12-13H2,1-3H3. The molecule has 0 heterocycles. The van der Waals surface area contributed by atoms with Crippen molar-refractivity contribution in [1.82, 2.24) is 10.2 Å². The van der Waals surface area contributed by atoms with E-state index < -0.39 is 0 Å². The molecule has 4 nitrogen and oxygen atoms in total. The van der Waals surface area contributed by atoms with Crippen molar-refractivity contribution in [2.45, 2.75) is 6.04 Å². The van der Waals surface area contributed by atoms with Crippen molar-refractivity contribution in [3.8, 4) is 5.75 Å². The van der Waals surface area contributed by atoms with Crippen LogP contribution in [0.25, 0.3) is 0 Å². The summed E-state index contributed by atoms with van der Waals surface area (Å²) in [6, 6.07) is 15.5.